The maximum absolute atomic E-state index is 13.8. The molecule has 0 bridgehead atoms. The average molecular weight is 251 g/mol. The van der Waals surface area contributed by atoms with Gasteiger partial charge in [0.05, 0.1) is 0 Å². The van der Waals surface area contributed by atoms with E-state index in [2.05, 4.69) is 5.10 Å². The molecule has 0 saturated carbocycles. The lowest BCUT2D eigenvalue weighted by molar-refractivity contribution is 0.510. The van der Waals surface area contributed by atoms with E-state index < -0.39 is 11.6 Å². The lowest BCUT2D eigenvalue weighted by Gasteiger charge is -2.04. The van der Waals surface area contributed by atoms with Crippen molar-refractivity contribution >= 4 is 5.82 Å². The number of anilines is 1. The van der Waals surface area contributed by atoms with Gasteiger partial charge >= 0.3 is 0 Å². The smallest absolute Gasteiger partial charge is 0.168 e. The van der Waals surface area contributed by atoms with Gasteiger partial charge in [-0.3, -0.25) is 4.68 Å². The number of benzene rings is 1. The Hall–Kier alpha value is -1.91. The molecule has 96 valence electrons. The molecular formula is C13H15F2N3. The zero-order valence-electron chi connectivity index (χ0n) is 10.4. The van der Waals surface area contributed by atoms with Crippen molar-refractivity contribution in [1.29, 1.82) is 0 Å². The summed E-state index contributed by atoms with van der Waals surface area (Å²) < 4.78 is 28.5. The third kappa shape index (κ3) is 1.96. The molecule has 1 aromatic carbocycles. The Morgan fingerprint density at radius 3 is 2.72 bits per heavy atom. The van der Waals surface area contributed by atoms with Gasteiger partial charge in [0.15, 0.2) is 11.6 Å². The molecule has 0 fully saturated rings. The zero-order chi connectivity index (χ0) is 13.3. The van der Waals surface area contributed by atoms with E-state index >= 15 is 0 Å². The number of nitrogens with two attached hydrogens (primary N) is 1. The van der Waals surface area contributed by atoms with Crippen molar-refractivity contribution in [2.24, 2.45) is 7.05 Å². The van der Waals surface area contributed by atoms with Crippen LogP contribution in [0.15, 0.2) is 18.2 Å². The molecule has 0 aliphatic heterocycles. The van der Waals surface area contributed by atoms with E-state index in [4.69, 9.17) is 5.73 Å². The highest BCUT2D eigenvalue weighted by Crippen LogP contribution is 2.30. The molecule has 0 spiro atoms. The van der Waals surface area contributed by atoms with Crippen LogP contribution in [-0.2, 0) is 13.5 Å². The Morgan fingerprint density at radius 2 is 2.06 bits per heavy atom. The van der Waals surface area contributed by atoms with Gasteiger partial charge in [0.25, 0.3) is 0 Å². The van der Waals surface area contributed by atoms with Gasteiger partial charge in [0.1, 0.15) is 11.5 Å². The van der Waals surface area contributed by atoms with Crippen molar-refractivity contribution in [3.05, 3.63) is 35.4 Å². The summed E-state index contributed by atoms with van der Waals surface area (Å²) in [6, 6.07) is 4.07. The topological polar surface area (TPSA) is 43.8 Å². The number of nitrogens with zero attached hydrogens (tertiary/aromatic N) is 2. The molecule has 0 amide bonds. The summed E-state index contributed by atoms with van der Waals surface area (Å²) in [7, 11) is 1.69. The average Bonchev–Trinajstić information content (AvgIpc) is 2.61. The van der Waals surface area contributed by atoms with Crippen molar-refractivity contribution in [3.63, 3.8) is 0 Å². The number of hydrogen-bond donors (Lipinski definition) is 1. The van der Waals surface area contributed by atoms with Crippen LogP contribution in [0.25, 0.3) is 11.3 Å². The second-order valence-corrected chi connectivity index (χ2v) is 4.19. The quantitative estimate of drug-likeness (QED) is 0.911. The Morgan fingerprint density at radius 1 is 1.33 bits per heavy atom. The van der Waals surface area contributed by atoms with E-state index in [1.54, 1.807) is 7.05 Å². The molecule has 2 aromatic rings. The normalized spacial score (nSPS) is 10.9. The van der Waals surface area contributed by atoms with Crippen molar-refractivity contribution in [3.8, 4) is 11.3 Å². The second kappa shape index (κ2) is 4.76. The van der Waals surface area contributed by atoms with Crippen molar-refractivity contribution < 1.29 is 8.78 Å². The number of aryl methyl sites for hydroxylation is 1. The molecule has 0 unspecified atom stereocenters. The van der Waals surface area contributed by atoms with E-state index in [9.17, 15) is 8.78 Å². The standard InChI is InChI=1S/C13H15F2N3/c1-3-5-9-12(17-18(2)13(9)16)8-6-4-7-10(14)11(8)15/h4,6-7H,3,5,16H2,1-2H3. The largest absolute Gasteiger partial charge is 0.384 e. The second-order valence-electron chi connectivity index (χ2n) is 4.19. The van der Waals surface area contributed by atoms with Crippen LogP contribution in [0.3, 0.4) is 0 Å². The highest BCUT2D eigenvalue weighted by Gasteiger charge is 2.19. The number of aromatic nitrogens is 2. The SMILES string of the molecule is CCCc1c(-c2cccc(F)c2F)nn(C)c1N. The fourth-order valence-electron chi connectivity index (χ4n) is 1.98. The van der Waals surface area contributed by atoms with Gasteiger partial charge in [-0.05, 0) is 18.6 Å². The van der Waals surface area contributed by atoms with Crippen LogP contribution in [0.4, 0.5) is 14.6 Å². The van der Waals surface area contributed by atoms with Crippen LogP contribution >= 0.6 is 0 Å². The third-order valence-electron chi connectivity index (χ3n) is 2.90. The van der Waals surface area contributed by atoms with E-state index in [1.807, 2.05) is 6.92 Å². The van der Waals surface area contributed by atoms with Gasteiger partial charge in [0.2, 0.25) is 0 Å². The predicted octanol–water partition coefficient (Wildman–Crippen LogP) is 2.90. The lowest BCUT2D eigenvalue weighted by Crippen LogP contribution is -1.99. The first-order valence-corrected chi connectivity index (χ1v) is 5.82. The van der Waals surface area contributed by atoms with E-state index in [1.165, 1.54) is 16.8 Å². The molecule has 3 nitrogen and oxygen atoms in total. The van der Waals surface area contributed by atoms with Crippen LogP contribution in [0.5, 0.6) is 0 Å². The monoisotopic (exact) mass is 251 g/mol. The summed E-state index contributed by atoms with van der Waals surface area (Å²) in [5.74, 6) is -1.26. The molecule has 1 heterocycles. The molecule has 0 aliphatic rings. The molecular weight excluding hydrogens is 236 g/mol. The van der Waals surface area contributed by atoms with Crippen LogP contribution < -0.4 is 5.73 Å². The van der Waals surface area contributed by atoms with Crippen LogP contribution in [0.1, 0.15) is 18.9 Å². The predicted molar refractivity (Wildman–Crippen MR) is 67.0 cm³/mol. The fourth-order valence-corrected chi connectivity index (χ4v) is 1.98. The van der Waals surface area contributed by atoms with Crippen molar-refractivity contribution in [1.82, 2.24) is 9.78 Å². The van der Waals surface area contributed by atoms with Crippen LogP contribution in [0, 0.1) is 11.6 Å². The molecule has 2 N–H and O–H groups in total. The number of hydrogen-bond acceptors (Lipinski definition) is 2. The summed E-state index contributed by atoms with van der Waals surface area (Å²) in [5.41, 5.74) is 7.25. The van der Waals surface area contributed by atoms with Crippen LogP contribution in [-0.4, -0.2) is 9.78 Å². The first-order chi connectivity index (χ1) is 8.56. The van der Waals surface area contributed by atoms with E-state index in [-0.39, 0.29) is 5.56 Å². The summed E-state index contributed by atoms with van der Waals surface area (Å²) in [6.07, 6.45) is 1.55. The Bertz CT molecular complexity index is 576. The van der Waals surface area contributed by atoms with Gasteiger partial charge in [-0.2, -0.15) is 5.10 Å². The number of rotatable bonds is 3. The van der Waals surface area contributed by atoms with Gasteiger partial charge in [-0.15, -0.1) is 0 Å². The molecule has 0 radical (unpaired) electrons. The molecule has 0 aliphatic carbocycles. The summed E-state index contributed by atoms with van der Waals surface area (Å²) in [6.45, 7) is 2.00. The molecule has 1 aromatic heterocycles. The minimum atomic E-state index is -0.882. The van der Waals surface area contributed by atoms with Crippen molar-refractivity contribution in [2.75, 3.05) is 5.73 Å². The molecule has 0 saturated heterocycles. The maximum atomic E-state index is 13.8. The fraction of sp³-hybridized carbons (Fsp3) is 0.308. The molecule has 5 heteroatoms. The molecule has 0 atom stereocenters. The minimum absolute atomic E-state index is 0.158. The summed E-state index contributed by atoms with van der Waals surface area (Å²) >= 11 is 0. The van der Waals surface area contributed by atoms with Gasteiger partial charge in [-0.1, -0.05) is 19.4 Å². The Kier molecular flexibility index (Phi) is 3.32. The Labute approximate surface area is 104 Å². The molecule has 18 heavy (non-hydrogen) atoms. The minimum Gasteiger partial charge on any atom is -0.384 e. The first kappa shape index (κ1) is 12.5. The molecule has 2 rings (SSSR count). The lowest BCUT2D eigenvalue weighted by atomic mass is 10.0. The number of nitrogen functional groups attached to an aromatic ring is 1. The van der Waals surface area contributed by atoms with E-state index in [0.29, 0.717) is 17.9 Å². The Balaban J connectivity index is 2.63. The first-order valence-electron chi connectivity index (χ1n) is 5.82. The highest BCUT2D eigenvalue weighted by molar-refractivity contribution is 5.69. The summed E-state index contributed by atoms with van der Waals surface area (Å²) in [5, 5.41) is 4.19. The number of halogens is 2. The third-order valence-corrected chi connectivity index (χ3v) is 2.90. The zero-order valence-corrected chi connectivity index (χ0v) is 10.4. The highest BCUT2D eigenvalue weighted by atomic mass is 19.2. The van der Waals surface area contributed by atoms with Gasteiger partial charge in [0, 0.05) is 18.2 Å². The summed E-state index contributed by atoms with van der Waals surface area (Å²) in [4.78, 5) is 0. The van der Waals surface area contributed by atoms with Gasteiger partial charge in [-0.25, -0.2) is 8.78 Å². The van der Waals surface area contributed by atoms with Gasteiger partial charge < -0.3 is 5.73 Å². The van der Waals surface area contributed by atoms with Crippen molar-refractivity contribution in [2.45, 2.75) is 19.8 Å². The van der Waals surface area contributed by atoms with E-state index in [0.717, 1.165) is 18.1 Å². The maximum Gasteiger partial charge on any atom is 0.168 e. The van der Waals surface area contributed by atoms with Crippen LogP contribution in [0.2, 0.25) is 0 Å².